The van der Waals surface area contributed by atoms with Crippen molar-refractivity contribution in [3.63, 3.8) is 0 Å². The first-order valence-electron chi connectivity index (χ1n) is 8.30. The fourth-order valence-corrected chi connectivity index (χ4v) is 3.87. The molecule has 1 unspecified atom stereocenters. The molecule has 2 amide bonds. The highest BCUT2D eigenvalue weighted by molar-refractivity contribution is 8.15. The van der Waals surface area contributed by atoms with E-state index in [-0.39, 0.29) is 18.2 Å². The number of amidine groups is 1. The molecule has 0 spiro atoms. The van der Waals surface area contributed by atoms with Crippen LogP contribution in [0.1, 0.15) is 6.42 Å². The van der Waals surface area contributed by atoms with Crippen LogP contribution in [0.3, 0.4) is 0 Å². The third-order valence-corrected chi connectivity index (χ3v) is 6.03. The summed E-state index contributed by atoms with van der Waals surface area (Å²) in [5.74, 6) is 0.0816. The summed E-state index contributed by atoms with van der Waals surface area (Å²) in [6.45, 7) is 0. The van der Waals surface area contributed by atoms with Gasteiger partial charge in [-0.1, -0.05) is 47.1 Å². The Morgan fingerprint density at radius 2 is 2.00 bits per heavy atom. The van der Waals surface area contributed by atoms with Crippen LogP contribution in [0.5, 0.6) is 5.75 Å². The van der Waals surface area contributed by atoms with Gasteiger partial charge >= 0.3 is 0 Å². The van der Waals surface area contributed by atoms with Gasteiger partial charge in [-0.25, -0.2) is 4.99 Å². The molecule has 0 saturated carbocycles. The molecule has 28 heavy (non-hydrogen) atoms. The topological polar surface area (TPSA) is 71.0 Å². The Kier molecular flexibility index (Phi) is 6.49. The Labute approximate surface area is 176 Å². The Morgan fingerprint density at radius 3 is 2.71 bits per heavy atom. The van der Waals surface area contributed by atoms with Crippen LogP contribution < -0.4 is 10.1 Å². The van der Waals surface area contributed by atoms with Gasteiger partial charge in [-0.05, 0) is 30.3 Å². The maximum absolute atomic E-state index is 12.7. The van der Waals surface area contributed by atoms with Crippen molar-refractivity contribution in [3.8, 4) is 5.75 Å². The molecule has 146 valence electrons. The van der Waals surface area contributed by atoms with E-state index in [2.05, 4.69) is 10.3 Å². The second-order valence-electron chi connectivity index (χ2n) is 5.95. The molecule has 1 aliphatic rings. The molecule has 2 aromatic rings. The van der Waals surface area contributed by atoms with Crippen molar-refractivity contribution in [2.24, 2.45) is 4.99 Å². The molecule has 1 atom stereocenters. The van der Waals surface area contributed by atoms with E-state index in [4.69, 9.17) is 27.9 Å². The molecule has 1 aliphatic heterocycles. The van der Waals surface area contributed by atoms with Crippen LogP contribution in [0.15, 0.2) is 47.5 Å². The molecule has 3 rings (SSSR count). The number of carbonyl (C=O) groups is 2. The van der Waals surface area contributed by atoms with Gasteiger partial charge in [0.2, 0.25) is 11.8 Å². The maximum atomic E-state index is 12.7. The van der Waals surface area contributed by atoms with Crippen LogP contribution in [0.4, 0.5) is 11.4 Å². The summed E-state index contributed by atoms with van der Waals surface area (Å²) in [7, 11) is 3.19. The lowest BCUT2D eigenvalue weighted by Crippen LogP contribution is -2.43. The van der Waals surface area contributed by atoms with E-state index in [1.54, 1.807) is 44.5 Å². The number of nitrogens with zero attached hydrogens (tertiary/aromatic N) is 2. The normalized spacial score (nSPS) is 18.3. The zero-order valence-electron chi connectivity index (χ0n) is 15.1. The number of thioether (sulfide) groups is 1. The highest BCUT2D eigenvalue weighted by Gasteiger charge is 2.34. The fraction of sp³-hybridized carbons (Fsp3) is 0.211. The minimum Gasteiger partial charge on any atom is -0.494 e. The Hall–Kier alpha value is -2.22. The highest BCUT2D eigenvalue weighted by Crippen LogP contribution is 2.33. The summed E-state index contributed by atoms with van der Waals surface area (Å²) in [5, 5.41) is 3.31. The van der Waals surface area contributed by atoms with E-state index >= 15 is 0 Å². The molecular weight excluding hydrogens is 421 g/mol. The van der Waals surface area contributed by atoms with E-state index in [1.807, 2.05) is 12.1 Å². The van der Waals surface area contributed by atoms with Crippen molar-refractivity contribution in [1.29, 1.82) is 0 Å². The Bertz CT molecular complexity index is 952. The van der Waals surface area contributed by atoms with Gasteiger partial charge in [0, 0.05) is 19.2 Å². The molecule has 2 aromatic carbocycles. The number of rotatable bonds is 4. The molecule has 9 heteroatoms. The standard InChI is InChI=1S/C19H17Cl2N3O3S/c1-24-17(25)10-16(18(26)22-11-7-8-12(20)13(21)9-11)28-19(24)23-14-5-3-4-6-15(14)27-2/h3-9,16H,10H2,1-2H3,(H,22,26). The molecule has 1 saturated heterocycles. The number of benzene rings is 2. The van der Waals surface area contributed by atoms with Crippen molar-refractivity contribution < 1.29 is 14.3 Å². The summed E-state index contributed by atoms with van der Waals surface area (Å²) in [6, 6.07) is 12.0. The maximum Gasteiger partial charge on any atom is 0.238 e. The fourth-order valence-electron chi connectivity index (χ4n) is 2.52. The van der Waals surface area contributed by atoms with Crippen LogP contribution in [-0.4, -0.2) is 41.3 Å². The number of ether oxygens (including phenoxy) is 1. The van der Waals surface area contributed by atoms with E-state index in [0.29, 0.717) is 32.3 Å². The van der Waals surface area contributed by atoms with Crippen molar-refractivity contribution in [2.75, 3.05) is 19.5 Å². The minimum absolute atomic E-state index is 0.0687. The second-order valence-corrected chi connectivity index (χ2v) is 7.93. The van der Waals surface area contributed by atoms with Crippen LogP contribution in [0.2, 0.25) is 10.0 Å². The Balaban J connectivity index is 1.81. The minimum atomic E-state index is -0.619. The number of anilines is 1. The Morgan fingerprint density at radius 1 is 1.25 bits per heavy atom. The van der Waals surface area contributed by atoms with Gasteiger partial charge in [0.25, 0.3) is 0 Å². The van der Waals surface area contributed by atoms with Gasteiger partial charge in [0.05, 0.1) is 17.2 Å². The first kappa shape index (κ1) is 20.5. The van der Waals surface area contributed by atoms with Crippen molar-refractivity contribution in [1.82, 2.24) is 4.90 Å². The van der Waals surface area contributed by atoms with Crippen LogP contribution in [0.25, 0.3) is 0 Å². The smallest absolute Gasteiger partial charge is 0.238 e. The summed E-state index contributed by atoms with van der Waals surface area (Å²) in [4.78, 5) is 31.0. The third-order valence-electron chi connectivity index (χ3n) is 4.05. The molecule has 0 radical (unpaired) electrons. The van der Waals surface area contributed by atoms with Crippen molar-refractivity contribution in [3.05, 3.63) is 52.5 Å². The van der Waals surface area contributed by atoms with E-state index in [9.17, 15) is 9.59 Å². The first-order chi connectivity index (χ1) is 13.4. The van der Waals surface area contributed by atoms with Gasteiger partial charge in [-0.2, -0.15) is 0 Å². The molecule has 1 fully saturated rings. The quantitative estimate of drug-likeness (QED) is 0.758. The summed E-state index contributed by atoms with van der Waals surface area (Å²) < 4.78 is 5.30. The second kappa shape index (κ2) is 8.86. The van der Waals surface area contributed by atoms with Crippen LogP contribution in [0, 0.1) is 0 Å². The third kappa shape index (κ3) is 4.60. The number of nitrogens with one attached hydrogen (secondary N) is 1. The van der Waals surface area contributed by atoms with Crippen LogP contribution in [-0.2, 0) is 9.59 Å². The summed E-state index contributed by atoms with van der Waals surface area (Å²) in [5.41, 5.74) is 1.09. The number of methoxy groups -OCH3 is 1. The number of para-hydroxylation sites is 2. The molecule has 6 nitrogen and oxygen atoms in total. The monoisotopic (exact) mass is 437 g/mol. The number of carbonyl (C=O) groups excluding carboxylic acids is 2. The number of hydrogen-bond donors (Lipinski definition) is 1. The van der Waals surface area contributed by atoms with Crippen molar-refractivity contribution in [2.45, 2.75) is 11.7 Å². The average molecular weight is 438 g/mol. The number of amides is 2. The first-order valence-corrected chi connectivity index (χ1v) is 9.93. The van der Waals surface area contributed by atoms with E-state index in [1.165, 1.54) is 16.7 Å². The van der Waals surface area contributed by atoms with Gasteiger partial charge < -0.3 is 10.1 Å². The van der Waals surface area contributed by atoms with Gasteiger partial charge in [0.15, 0.2) is 5.17 Å². The lowest BCUT2D eigenvalue weighted by atomic mass is 10.2. The summed E-state index contributed by atoms with van der Waals surface area (Å²) in [6.07, 6.45) is 0.0687. The number of hydrogen-bond acceptors (Lipinski definition) is 5. The molecule has 1 heterocycles. The largest absolute Gasteiger partial charge is 0.494 e. The molecule has 0 aliphatic carbocycles. The number of halogens is 2. The average Bonchev–Trinajstić information content (AvgIpc) is 2.68. The highest BCUT2D eigenvalue weighted by atomic mass is 35.5. The molecule has 0 aromatic heterocycles. The summed E-state index contributed by atoms with van der Waals surface area (Å²) >= 11 is 13.1. The van der Waals surface area contributed by atoms with E-state index < -0.39 is 5.25 Å². The molecule has 0 bridgehead atoms. The zero-order chi connectivity index (χ0) is 20.3. The van der Waals surface area contributed by atoms with Crippen LogP contribution >= 0.6 is 35.0 Å². The lowest BCUT2D eigenvalue weighted by molar-refractivity contribution is -0.128. The number of aliphatic imine (C=N–C) groups is 1. The SMILES string of the molecule is COc1ccccc1N=C1SC(C(=O)Nc2ccc(Cl)c(Cl)c2)CC(=O)N1C. The van der Waals surface area contributed by atoms with Gasteiger partial charge in [-0.15, -0.1) is 0 Å². The molecule has 1 N–H and O–H groups in total. The molecular formula is C19H17Cl2N3O3S. The predicted molar refractivity (Wildman–Crippen MR) is 114 cm³/mol. The predicted octanol–water partition coefficient (Wildman–Crippen LogP) is 4.59. The van der Waals surface area contributed by atoms with Gasteiger partial charge in [0.1, 0.15) is 16.7 Å². The lowest BCUT2D eigenvalue weighted by Gasteiger charge is -2.29. The van der Waals surface area contributed by atoms with Gasteiger partial charge in [-0.3, -0.25) is 14.5 Å². The zero-order valence-corrected chi connectivity index (χ0v) is 17.4. The van der Waals surface area contributed by atoms with Crippen molar-refractivity contribution >= 4 is 63.3 Å². The van der Waals surface area contributed by atoms with E-state index in [0.717, 1.165) is 0 Å².